The molecule has 1 aliphatic rings. The van der Waals surface area contributed by atoms with Gasteiger partial charge in [-0.25, -0.2) is 4.79 Å². The van der Waals surface area contributed by atoms with Gasteiger partial charge in [0.2, 0.25) is 6.79 Å². The van der Waals surface area contributed by atoms with Gasteiger partial charge in [-0.15, -0.1) is 0 Å². The normalized spacial score (nSPS) is 13.9. The van der Waals surface area contributed by atoms with Crippen LogP contribution in [0.4, 0.5) is 4.79 Å². The average Bonchev–Trinajstić information content (AvgIpc) is 3.02. The predicted octanol–water partition coefficient (Wildman–Crippen LogP) is 4.71. The molecular weight excluding hydrogens is 382 g/mol. The first-order valence-electron chi connectivity index (χ1n) is 10.0. The lowest BCUT2D eigenvalue weighted by Gasteiger charge is -2.24. The molecule has 0 atom stereocenters. The maximum absolute atomic E-state index is 11.4. The molecule has 1 N–H and O–H groups in total. The minimum Gasteiger partial charge on any atom is -0.454 e. The second-order valence-electron chi connectivity index (χ2n) is 8.28. The molecule has 0 amide bonds. The quantitative estimate of drug-likeness (QED) is 0.569. The molecule has 30 heavy (non-hydrogen) atoms. The van der Waals surface area contributed by atoms with Gasteiger partial charge in [0.05, 0.1) is 12.8 Å². The minimum absolute atomic E-state index is 0.0335. The van der Waals surface area contributed by atoms with Crippen molar-refractivity contribution in [2.45, 2.75) is 53.0 Å². The average molecular weight is 412 g/mol. The highest BCUT2D eigenvalue weighted by Gasteiger charge is 2.31. The fourth-order valence-corrected chi connectivity index (χ4v) is 3.61. The standard InChI is InChI=1S/C23H29N3O4/c1-7-26-20-17(14(2)25-26)12-18(24)19(21(20)29-13-30-22(27)28-6)15-8-10-16(11-9-15)23(3,4)5/h8-11,24H,7,12-13H2,1-6H3. The highest BCUT2D eigenvalue weighted by molar-refractivity contribution is 6.30. The first-order valence-corrected chi connectivity index (χ1v) is 10.0. The molecule has 1 heterocycles. The van der Waals surface area contributed by atoms with E-state index in [0.29, 0.717) is 30.0 Å². The number of nitrogens with zero attached hydrogens (tertiary/aromatic N) is 2. The molecule has 2 aromatic rings. The lowest BCUT2D eigenvalue weighted by Crippen LogP contribution is -2.20. The number of rotatable bonds is 5. The van der Waals surface area contributed by atoms with Crippen LogP contribution in [0.15, 0.2) is 24.3 Å². The van der Waals surface area contributed by atoms with Gasteiger partial charge in [-0.1, -0.05) is 45.0 Å². The number of fused-ring (bicyclic) bond motifs is 1. The Hall–Kier alpha value is -3.09. The van der Waals surface area contributed by atoms with Crippen molar-refractivity contribution in [2.24, 2.45) is 0 Å². The number of carbonyl (C=O) groups excluding carboxylic acids is 1. The lowest BCUT2D eigenvalue weighted by atomic mass is 9.84. The van der Waals surface area contributed by atoms with Crippen LogP contribution in [0, 0.1) is 12.3 Å². The molecule has 0 radical (unpaired) electrons. The topological polar surface area (TPSA) is 86.4 Å². The van der Waals surface area contributed by atoms with Gasteiger partial charge in [0.15, 0.2) is 5.76 Å². The van der Waals surface area contributed by atoms with E-state index in [-0.39, 0.29) is 12.2 Å². The number of nitrogens with one attached hydrogen (secondary N) is 1. The smallest absolute Gasteiger partial charge is 0.454 e. The van der Waals surface area contributed by atoms with Crippen LogP contribution in [0.2, 0.25) is 0 Å². The summed E-state index contributed by atoms with van der Waals surface area (Å²) in [5.74, 6) is 0.496. The number of aryl methyl sites for hydroxylation is 2. The van der Waals surface area contributed by atoms with Crippen molar-refractivity contribution in [3.8, 4) is 0 Å². The Balaban J connectivity index is 2.11. The zero-order valence-electron chi connectivity index (χ0n) is 18.5. The Morgan fingerprint density at radius 1 is 1.23 bits per heavy atom. The summed E-state index contributed by atoms with van der Waals surface area (Å²) in [6.07, 6.45) is -0.347. The van der Waals surface area contributed by atoms with E-state index in [1.807, 2.05) is 30.7 Å². The minimum atomic E-state index is -0.821. The van der Waals surface area contributed by atoms with Gasteiger partial charge >= 0.3 is 6.16 Å². The predicted molar refractivity (Wildman–Crippen MR) is 115 cm³/mol. The van der Waals surface area contributed by atoms with E-state index in [4.69, 9.17) is 14.9 Å². The maximum atomic E-state index is 11.4. The molecule has 3 rings (SSSR count). The van der Waals surface area contributed by atoms with E-state index in [2.05, 4.69) is 42.7 Å². The molecule has 1 aromatic carbocycles. The number of carbonyl (C=O) groups is 1. The number of aromatic nitrogens is 2. The van der Waals surface area contributed by atoms with E-state index < -0.39 is 6.16 Å². The second kappa shape index (κ2) is 8.34. The maximum Gasteiger partial charge on any atom is 0.510 e. The summed E-state index contributed by atoms with van der Waals surface area (Å²) in [7, 11) is 1.24. The number of allylic oxidation sites excluding steroid dienone is 1. The summed E-state index contributed by atoms with van der Waals surface area (Å²) in [5, 5.41) is 13.3. The number of benzene rings is 1. The third-order valence-electron chi connectivity index (χ3n) is 5.23. The van der Waals surface area contributed by atoms with Crippen LogP contribution in [0.25, 0.3) is 11.3 Å². The highest BCUT2D eigenvalue weighted by atomic mass is 16.8. The molecule has 0 spiro atoms. The van der Waals surface area contributed by atoms with Crippen LogP contribution in [-0.2, 0) is 32.6 Å². The van der Waals surface area contributed by atoms with Gasteiger partial charge in [-0.05, 0) is 30.4 Å². The Kier molecular flexibility index (Phi) is 6.01. The van der Waals surface area contributed by atoms with Gasteiger partial charge < -0.3 is 19.6 Å². The number of hydrogen-bond acceptors (Lipinski definition) is 6. The Morgan fingerprint density at radius 2 is 1.90 bits per heavy atom. The van der Waals surface area contributed by atoms with Gasteiger partial charge in [0.1, 0.15) is 5.69 Å². The largest absolute Gasteiger partial charge is 0.510 e. The van der Waals surface area contributed by atoms with E-state index >= 15 is 0 Å². The summed E-state index contributed by atoms with van der Waals surface area (Å²) in [5.41, 5.74) is 5.91. The SMILES string of the molecule is CCn1nc(C)c2c1C(OCOC(=O)OC)=C(c1ccc(C(C)(C)C)cc1)C(=N)C2. The molecular formula is C23H29N3O4. The monoisotopic (exact) mass is 411 g/mol. The number of methoxy groups -OCH3 is 1. The molecule has 7 nitrogen and oxygen atoms in total. The molecule has 0 aliphatic heterocycles. The van der Waals surface area contributed by atoms with Crippen molar-refractivity contribution in [2.75, 3.05) is 13.9 Å². The van der Waals surface area contributed by atoms with Crippen LogP contribution in [0.5, 0.6) is 0 Å². The van der Waals surface area contributed by atoms with Gasteiger partial charge in [-0.2, -0.15) is 5.10 Å². The van der Waals surface area contributed by atoms with Crippen molar-refractivity contribution < 1.29 is 19.0 Å². The van der Waals surface area contributed by atoms with E-state index in [0.717, 1.165) is 22.5 Å². The summed E-state index contributed by atoms with van der Waals surface area (Å²) in [6.45, 7) is 10.8. The molecule has 0 bridgehead atoms. The van der Waals surface area contributed by atoms with Gasteiger partial charge in [-0.3, -0.25) is 4.68 Å². The summed E-state index contributed by atoms with van der Waals surface area (Å²) >= 11 is 0. The summed E-state index contributed by atoms with van der Waals surface area (Å²) in [6, 6.07) is 8.19. The van der Waals surface area contributed by atoms with Crippen molar-refractivity contribution in [1.82, 2.24) is 9.78 Å². The van der Waals surface area contributed by atoms with Crippen LogP contribution >= 0.6 is 0 Å². The van der Waals surface area contributed by atoms with E-state index in [1.54, 1.807) is 0 Å². The van der Waals surface area contributed by atoms with E-state index in [9.17, 15) is 4.79 Å². The number of hydrogen-bond donors (Lipinski definition) is 1. The van der Waals surface area contributed by atoms with Crippen molar-refractivity contribution in [3.05, 3.63) is 52.3 Å². The molecule has 0 saturated carbocycles. The molecule has 160 valence electrons. The van der Waals surface area contributed by atoms with Gasteiger partial charge in [0, 0.05) is 29.8 Å². The lowest BCUT2D eigenvalue weighted by molar-refractivity contribution is 0.00343. The Bertz CT molecular complexity index is 995. The summed E-state index contributed by atoms with van der Waals surface area (Å²) < 4.78 is 17.3. The van der Waals surface area contributed by atoms with Gasteiger partial charge in [0.25, 0.3) is 0 Å². The third-order valence-corrected chi connectivity index (χ3v) is 5.23. The van der Waals surface area contributed by atoms with Crippen LogP contribution in [0.1, 0.15) is 55.8 Å². The zero-order chi connectivity index (χ0) is 22.1. The molecule has 0 fully saturated rings. The molecule has 1 aliphatic carbocycles. The Morgan fingerprint density at radius 3 is 2.47 bits per heavy atom. The highest BCUT2D eigenvalue weighted by Crippen LogP contribution is 2.38. The Labute approximate surface area is 177 Å². The first-order chi connectivity index (χ1) is 14.2. The van der Waals surface area contributed by atoms with Crippen LogP contribution < -0.4 is 0 Å². The van der Waals surface area contributed by atoms with Crippen molar-refractivity contribution in [1.29, 1.82) is 5.41 Å². The van der Waals surface area contributed by atoms with Crippen molar-refractivity contribution >= 4 is 23.2 Å². The number of ether oxygens (including phenoxy) is 3. The molecule has 7 heteroatoms. The van der Waals surface area contributed by atoms with Crippen LogP contribution in [-0.4, -0.2) is 35.6 Å². The second-order valence-corrected chi connectivity index (χ2v) is 8.28. The molecule has 1 aromatic heterocycles. The summed E-state index contributed by atoms with van der Waals surface area (Å²) in [4.78, 5) is 11.4. The van der Waals surface area contributed by atoms with E-state index in [1.165, 1.54) is 12.7 Å². The molecule has 0 saturated heterocycles. The zero-order valence-corrected chi connectivity index (χ0v) is 18.5. The van der Waals surface area contributed by atoms with Crippen molar-refractivity contribution in [3.63, 3.8) is 0 Å². The van der Waals surface area contributed by atoms with Crippen LogP contribution in [0.3, 0.4) is 0 Å². The fourth-order valence-electron chi connectivity index (χ4n) is 3.61. The molecule has 0 unspecified atom stereocenters. The first kappa shape index (κ1) is 21.6. The third kappa shape index (κ3) is 4.10. The fraction of sp³-hybridized carbons (Fsp3) is 0.435.